The van der Waals surface area contributed by atoms with Crippen LogP contribution >= 0.6 is 0 Å². The van der Waals surface area contributed by atoms with Gasteiger partial charge in [0.25, 0.3) is 0 Å². The van der Waals surface area contributed by atoms with Crippen LogP contribution in [0.3, 0.4) is 0 Å². The van der Waals surface area contributed by atoms with E-state index in [1.807, 2.05) is 0 Å². The highest BCUT2D eigenvalue weighted by Crippen LogP contribution is 2.40. The zero-order valence-electron chi connectivity index (χ0n) is 47.5. The van der Waals surface area contributed by atoms with Gasteiger partial charge in [0.05, 0.1) is 22.8 Å². The number of aromatic nitrogens is 4. The van der Waals surface area contributed by atoms with E-state index in [1.54, 1.807) is 0 Å². The van der Waals surface area contributed by atoms with Crippen molar-refractivity contribution in [2.45, 2.75) is 27.7 Å². The molecule has 9 heterocycles. The first kappa shape index (κ1) is 51.9. The number of likely N-dealkylation sites (N-methyl/N-ethyl adjacent to an activating group) is 4. The van der Waals surface area contributed by atoms with Crippen LogP contribution in [0.2, 0.25) is 0 Å². The Bertz CT molecular complexity index is 3360. The Labute approximate surface area is 473 Å². The van der Waals surface area contributed by atoms with Crippen LogP contribution in [0.25, 0.3) is 90.9 Å². The average molecular weight is 1060 g/mol. The van der Waals surface area contributed by atoms with E-state index in [2.05, 4.69) is 222 Å². The largest absolute Gasteiger partial charge is 0.369 e. The number of benzene rings is 4. The third kappa shape index (κ3) is 10.5. The fourth-order valence-electron chi connectivity index (χ4n) is 13.1. The Hall–Kier alpha value is -7.48. The standard InChI is InChI=1S/C68H78N12/c1-5-73-33-41-77(42-34-73)53-17-9-49(10-18-53)65-57-25-27-59(69-57)66(50-11-19-54(20-12-50)78-43-35-74(6-2)36-44-78)61-29-31-63(71-61)68(52-15-23-56(24-16-52)80-47-39-76(8-4)40-48-80)64-32-30-62(72-64)67(60-28-26-58(65)70-60)51-13-21-55(22-14-51)79-45-37-75(7-3)38-46-79/h9-32,69-70H,5-8,33-48H2,1-4H3. The molecule has 4 aromatic carbocycles. The predicted molar refractivity (Wildman–Crippen MR) is 338 cm³/mol. The van der Waals surface area contributed by atoms with Crippen LogP contribution in [0.4, 0.5) is 22.7 Å². The Morgan fingerprint density at radius 2 is 0.500 bits per heavy atom. The maximum atomic E-state index is 5.68. The predicted octanol–water partition coefficient (Wildman–Crippen LogP) is 11.9. The van der Waals surface area contributed by atoms with E-state index in [9.17, 15) is 0 Å². The summed E-state index contributed by atoms with van der Waals surface area (Å²) in [5, 5.41) is 0. The van der Waals surface area contributed by atoms with Crippen molar-refractivity contribution in [3.8, 4) is 44.5 Å². The van der Waals surface area contributed by atoms with Crippen molar-refractivity contribution in [3.63, 3.8) is 0 Å². The van der Waals surface area contributed by atoms with Gasteiger partial charge in [0.2, 0.25) is 0 Å². The molecule has 80 heavy (non-hydrogen) atoms. The van der Waals surface area contributed by atoms with Crippen molar-refractivity contribution in [3.05, 3.63) is 144 Å². The maximum Gasteiger partial charge on any atom is 0.0738 e. The summed E-state index contributed by atoms with van der Waals surface area (Å²) in [6, 6.07) is 45.9. The van der Waals surface area contributed by atoms with E-state index in [0.29, 0.717) is 0 Å². The number of fused-ring (bicyclic) bond motifs is 8. The molecule has 6 aliphatic rings. The number of nitrogens with zero attached hydrogens (tertiary/aromatic N) is 10. The van der Waals surface area contributed by atoms with Gasteiger partial charge in [0.1, 0.15) is 0 Å². The van der Waals surface area contributed by atoms with Crippen molar-refractivity contribution in [1.82, 2.24) is 39.5 Å². The highest BCUT2D eigenvalue weighted by molar-refractivity contribution is 6.00. The molecule has 12 heteroatoms. The summed E-state index contributed by atoms with van der Waals surface area (Å²) >= 11 is 0. The summed E-state index contributed by atoms with van der Waals surface area (Å²) in [7, 11) is 0. The lowest BCUT2D eigenvalue weighted by molar-refractivity contribution is 0.271. The van der Waals surface area contributed by atoms with Crippen LogP contribution in [-0.4, -0.2) is 170 Å². The quantitative estimate of drug-likeness (QED) is 0.123. The molecule has 2 N–H and O–H groups in total. The number of rotatable bonds is 12. The van der Waals surface area contributed by atoms with Crippen molar-refractivity contribution >= 4 is 69.1 Å². The smallest absolute Gasteiger partial charge is 0.0738 e. The minimum absolute atomic E-state index is 0.899. The summed E-state index contributed by atoms with van der Waals surface area (Å²) in [6.45, 7) is 30.4. The van der Waals surface area contributed by atoms with Crippen LogP contribution in [0.1, 0.15) is 50.5 Å². The monoisotopic (exact) mass is 1060 g/mol. The minimum Gasteiger partial charge on any atom is -0.369 e. The first-order chi connectivity index (χ1) is 39.4. The Balaban J connectivity index is 1.01. The molecule has 7 aromatic rings. The molecule has 0 saturated carbocycles. The molecule has 13 rings (SSSR count). The molecular formula is C68H78N12. The number of nitrogens with one attached hydrogen (secondary N) is 2. The van der Waals surface area contributed by atoms with E-state index in [-0.39, 0.29) is 0 Å². The van der Waals surface area contributed by atoms with E-state index < -0.39 is 0 Å². The second-order valence-electron chi connectivity index (χ2n) is 22.4. The van der Waals surface area contributed by atoms with Gasteiger partial charge < -0.3 is 49.2 Å². The second-order valence-corrected chi connectivity index (χ2v) is 22.4. The average Bonchev–Trinajstić information content (AvgIpc) is 4.39. The summed E-state index contributed by atoms with van der Waals surface area (Å²) in [4.78, 5) is 39.7. The van der Waals surface area contributed by atoms with Gasteiger partial charge in [-0.3, -0.25) is 0 Å². The molecule has 0 aliphatic carbocycles. The third-order valence-corrected chi connectivity index (χ3v) is 18.1. The Morgan fingerprint density at radius 1 is 0.275 bits per heavy atom. The molecule has 8 bridgehead atoms. The number of H-pyrrole nitrogens is 2. The van der Waals surface area contributed by atoms with Crippen LogP contribution in [-0.2, 0) is 0 Å². The summed E-state index contributed by atoms with van der Waals surface area (Å²) < 4.78 is 0. The van der Waals surface area contributed by atoms with Gasteiger partial charge in [0, 0.05) is 172 Å². The second kappa shape index (κ2) is 22.9. The minimum atomic E-state index is 0.899. The van der Waals surface area contributed by atoms with Crippen LogP contribution in [0.5, 0.6) is 0 Å². The summed E-state index contributed by atoms with van der Waals surface area (Å²) in [5.41, 5.74) is 21.5. The van der Waals surface area contributed by atoms with Crippen molar-refractivity contribution in [2.75, 3.05) is 150 Å². The van der Waals surface area contributed by atoms with Crippen LogP contribution in [0, 0.1) is 0 Å². The summed E-state index contributed by atoms with van der Waals surface area (Å²) in [6.07, 6.45) is 8.85. The van der Waals surface area contributed by atoms with Gasteiger partial charge in [-0.05, 0) is 146 Å². The normalized spacial score (nSPS) is 17.8. The molecule has 0 spiro atoms. The topological polar surface area (TPSA) is 83.3 Å². The van der Waals surface area contributed by atoms with Crippen molar-refractivity contribution < 1.29 is 0 Å². The zero-order chi connectivity index (χ0) is 54.1. The Kier molecular flexibility index (Phi) is 14.9. The Morgan fingerprint density at radius 3 is 0.762 bits per heavy atom. The van der Waals surface area contributed by atoms with Gasteiger partial charge in [-0.1, -0.05) is 76.2 Å². The molecule has 0 amide bonds. The maximum absolute atomic E-state index is 5.68. The van der Waals surface area contributed by atoms with Crippen molar-refractivity contribution in [2.24, 2.45) is 0 Å². The number of anilines is 4. The van der Waals surface area contributed by atoms with E-state index in [1.165, 1.54) is 22.7 Å². The molecule has 12 nitrogen and oxygen atoms in total. The fraction of sp³-hybridized carbons (Fsp3) is 0.353. The summed E-state index contributed by atoms with van der Waals surface area (Å²) in [5.74, 6) is 0. The molecule has 4 fully saturated rings. The molecular weight excluding hydrogens is 985 g/mol. The van der Waals surface area contributed by atoms with E-state index in [4.69, 9.17) is 9.97 Å². The highest BCUT2D eigenvalue weighted by atomic mass is 15.3. The molecule has 3 aromatic heterocycles. The van der Waals surface area contributed by atoms with Gasteiger partial charge in [-0.2, -0.15) is 0 Å². The van der Waals surface area contributed by atoms with Crippen LogP contribution < -0.4 is 19.6 Å². The van der Waals surface area contributed by atoms with Gasteiger partial charge in [0.15, 0.2) is 0 Å². The fourth-order valence-corrected chi connectivity index (χ4v) is 13.1. The molecule has 0 unspecified atom stereocenters. The lowest BCUT2D eigenvalue weighted by Gasteiger charge is -2.35. The molecule has 0 radical (unpaired) electrons. The van der Waals surface area contributed by atoms with E-state index >= 15 is 0 Å². The van der Waals surface area contributed by atoms with Gasteiger partial charge in [-0.15, -0.1) is 0 Å². The van der Waals surface area contributed by atoms with Gasteiger partial charge in [-0.25, -0.2) is 9.97 Å². The van der Waals surface area contributed by atoms with E-state index in [0.717, 1.165) is 220 Å². The van der Waals surface area contributed by atoms with Crippen molar-refractivity contribution in [1.29, 1.82) is 0 Å². The lowest BCUT2D eigenvalue weighted by atomic mass is 10.0. The molecule has 4 saturated heterocycles. The number of aromatic amines is 2. The highest BCUT2D eigenvalue weighted by Gasteiger charge is 2.24. The number of piperazine rings is 4. The van der Waals surface area contributed by atoms with Gasteiger partial charge >= 0.3 is 0 Å². The zero-order valence-corrected chi connectivity index (χ0v) is 47.5. The first-order valence-corrected chi connectivity index (χ1v) is 29.9. The molecule has 410 valence electrons. The molecule has 6 aliphatic heterocycles. The molecule has 0 atom stereocenters. The number of hydrogen-bond acceptors (Lipinski definition) is 10. The SMILES string of the molecule is CCN1CCN(c2ccc(-c3c4nc(c(-c5ccc(N6CCN(CC)CC6)cc5)c5ccc([nH]5)c(-c5ccc(N6CCN(CC)CC6)cc5)c5ccc([nH]5)c(-c5ccc(N6CCN(CC)CC6)cc5)c5nc3C=C5)C=C4)cc2)CC1. The lowest BCUT2D eigenvalue weighted by Crippen LogP contribution is -2.46. The van der Waals surface area contributed by atoms with Crippen LogP contribution in [0.15, 0.2) is 121 Å². The third-order valence-electron chi connectivity index (χ3n) is 18.1. The first-order valence-electron chi connectivity index (χ1n) is 29.9. The number of hydrogen-bond donors (Lipinski definition) is 2.